The Labute approximate surface area is 341 Å². The molecule has 5 heteroatoms. The van der Waals surface area contributed by atoms with Crippen LogP contribution in [-0.4, -0.2) is 11.7 Å². The molecule has 0 atom stereocenters. The molecular weight excluding hydrogens is 723 g/mol. The summed E-state index contributed by atoms with van der Waals surface area (Å²) in [4.78, 5) is 10.2. The number of rotatable bonds is 6. The van der Waals surface area contributed by atoms with Gasteiger partial charge in [0.2, 0.25) is 0 Å². The average Bonchev–Trinajstić information content (AvgIpc) is 3.92. The zero-order chi connectivity index (χ0) is 39.7. The maximum absolute atomic E-state index is 6.86. The molecule has 59 heavy (non-hydrogen) atoms. The number of benzene rings is 8. The van der Waals surface area contributed by atoms with Crippen molar-refractivity contribution in [1.82, 2.24) is 0 Å². The van der Waals surface area contributed by atoms with Gasteiger partial charge >= 0.3 is 0 Å². The zero-order valence-electron chi connectivity index (χ0n) is 32.7. The molecule has 2 heterocycles. The van der Waals surface area contributed by atoms with Crippen LogP contribution in [0.5, 0.6) is 0 Å². The maximum atomic E-state index is 6.86. The van der Waals surface area contributed by atoms with Crippen molar-refractivity contribution >= 4 is 55.5 Å². The number of nitrogens with zero attached hydrogens (tertiary/aromatic N) is 2. The SMILES string of the molecule is CC1(C)c2ccccc2-c2ccc(C(N)=NC(=NCc3cccc4oc5ccc(-c6cccc7oc8cc(-c9ccccc9)ccc8c67)cc5c34)c3ccccc3)cc21. The van der Waals surface area contributed by atoms with E-state index in [4.69, 9.17) is 24.6 Å². The van der Waals surface area contributed by atoms with E-state index in [1.165, 1.54) is 22.3 Å². The molecular formula is C54H39N3O2. The Kier molecular flexibility index (Phi) is 7.99. The molecule has 0 fully saturated rings. The number of aliphatic imine (C=N–C) groups is 2. The Balaban J connectivity index is 0.982. The van der Waals surface area contributed by atoms with Crippen LogP contribution in [0.25, 0.3) is 77.3 Å². The topological polar surface area (TPSA) is 77.0 Å². The predicted molar refractivity (Wildman–Crippen MR) is 243 cm³/mol. The van der Waals surface area contributed by atoms with Gasteiger partial charge in [-0.2, -0.15) is 0 Å². The van der Waals surface area contributed by atoms with Gasteiger partial charge in [0, 0.05) is 38.1 Å². The number of furan rings is 2. The average molecular weight is 762 g/mol. The monoisotopic (exact) mass is 761 g/mol. The van der Waals surface area contributed by atoms with Gasteiger partial charge in [-0.1, -0.05) is 147 Å². The van der Waals surface area contributed by atoms with E-state index in [0.717, 1.165) is 82.8 Å². The van der Waals surface area contributed by atoms with E-state index in [2.05, 4.69) is 135 Å². The lowest BCUT2D eigenvalue weighted by atomic mass is 9.82. The van der Waals surface area contributed by atoms with Crippen molar-refractivity contribution in [2.75, 3.05) is 0 Å². The van der Waals surface area contributed by atoms with Crippen molar-refractivity contribution in [3.05, 3.63) is 204 Å². The quantitative estimate of drug-likeness (QED) is 0.135. The molecule has 2 N–H and O–H groups in total. The normalized spacial score (nSPS) is 13.7. The Morgan fingerprint density at radius 1 is 0.492 bits per heavy atom. The minimum Gasteiger partial charge on any atom is -0.456 e. The van der Waals surface area contributed by atoms with Crippen molar-refractivity contribution in [3.8, 4) is 33.4 Å². The van der Waals surface area contributed by atoms with Gasteiger partial charge in [-0.25, -0.2) is 4.99 Å². The summed E-state index contributed by atoms with van der Waals surface area (Å²) in [7, 11) is 0. The highest BCUT2D eigenvalue weighted by molar-refractivity contribution is 6.15. The molecule has 0 spiro atoms. The summed E-state index contributed by atoms with van der Waals surface area (Å²) >= 11 is 0. The third-order valence-electron chi connectivity index (χ3n) is 12.0. The molecule has 2 aromatic heterocycles. The highest BCUT2D eigenvalue weighted by Crippen LogP contribution is 2.49. The zero-order valence-corrected chi connectivity index (χ0v) is 32.7. The minimum absolute atomic E-state index is 0.143. The third-order valence-corrected chi connectivity index (χ3v) is 12.0. The molecule has 0 saturated carbocycles. The summed E-state index contributed by atoms with van der Waals surface area (Å²) in [6, 6.07) is 61.0. The highest BCUT2D eigenvalue weighted by atomic mass is 16.3. The van der Waals surface area contributed by atoms with E-state index >= 15 is 0 Å². The Morgan fingerprint density at radius 3 is 2.03 bits per heavy atom. The molecule has 5 nitrogen and oxygen atoms in total. The highest BCUT2D eigenvalue weighted by Gasteiger charge is 2.35. The molecule has 0 amide bonds. The van der Waals surface area contributed by atoms with Gasteiger partial charge in [0.15, 0.2) is 5.84 Å². The van der Waals surface area contributed by atoms with Crippen molar-refractivity contribution in [1.29, 1.82) is 0 Å². The van der Waals surface area contributed by atoms with Crippen molar-refractivity contribution < 1.29 is 8.83 Å². The van der Waals surface area contributed by atoms with Crippen LogP contribution in [0, 0.1) is 0 Å². The van der Waals surface area contributed by atoms with Gasteiger partial charge in [0.1, 0.15) is 28.2 Å². The first-order valence-corrected chi connectivity index (χ1v) is 20.0. The summed E-state index contributed by atoms with van der Waals surface area (Å²) in [5, 5.41) is 4.25. The van der Waals surface area contributed by atoms with E-state index in [0.29, 0.717) is 18.2 Å². The Morgan fingerprint density at radius 2 is 1.19 bits per heavy atom. The first kappa shape index (κ1) is 34.7. The van der Waals surface area contributed by atoms with Crippen molar-refractivity contribution in [2.45, 2.75) is 25.8 Å². The second kappa shape index (κ2) is 13.6. The predicted octanol–water partition coefficient (Wildman–Crippen LogP) is 13.5. The summed E-state index contributed by atoms with van der Waals surface area (Å²) in [6.45, 7) is 4.93. The largest absolute Gasteiger partial charge is 0.456 e. The fourth-order valence-electron chi connectivity index (χ4n) is 9.06. The van der Waals surface area contributed by atoms with E-state index in [9.17, 15) is 0 Å². The van der Waals surface area contributed by atoms with Crippen LogP contribution in [0.4, 0.5) is 0 Å². The van der Waals surface area contributed by atoms with E-state index < -0.39 is 0 Å². The summed E-state index contributed by atoms with van der Waals surface area (Å²) in [5.74, 6) is 1.00. The summed E-state index contributed by atoms with van der Waals surface area (Å²) in [6.07, 6.45) is 0. The molecule has 11 rings (SSSR count). The molecule has 282 valence electrons. The number of nitrogens with two attached hydrogens (primary N) is 1. The fourth-order valence-corrected chi connectivity index (χ4v) is 9.06. The van der Waals surface area contributed by atoms with Gasteiger partial charge in [-0.3, -0.25) is 4.99 Å². The van der Waals surface area contributed by atoms with Crippen LogP contribution in [-0.2, 0) is 12.0 Å². The molecule has 8 aromatic carbocycles. The molecule has 1 aliphatic carbocycles. The maximum Gasteiger partial charge on any atom is 0.157 e. The molecule has 0 unspecified atom stereocenters. The van der Waals surface area contributed by atoms with Gasteiger partial charge in [-0.05, 0) is 92.5 Å². The van der Waals surface area contributed by atoms with Crippen LogP contribution >= 0.6 is 0 Å². The first-order chi connectivity index (χ1) is 28.9. The Hall–Kier alpha value is -7.50. The first-order valence-electron chi connectivity index (χ1n) is 20.0. The lowest BCUT2D eigenvalue weighted by Crippen LogP contribution is -2.19. The second-order valence-corrected chi connectivity index (χ2v) is 15.9. The van der Waals surface area contributed by atoms with Crippen LogP contribution in [0.3, 0.4) is 0 Å². The standard InChI is InChI=1S/C54H39N3O2/c1-54(2)44-20-10-9-18-40(44)41-26-24-37(30-45(41)54)52(55)57-53(34-15-7-4-8-16-34)56-32-38-17-11-21-47-50(38)43-29-36(25-28-46(43)58-47)39-19-12-22-48-51(39)42-27-23-35(31-49(42)59-48)33-13-5-3-6-14-33/h3-31H,32H2,1-2H3,(H2,55,56,57). The minimum atomic E-state index is -0.143. The smallest absolute Gasteiger partial charge is 0.157 e. The van der Waals surface area contributed by atoms with Crippen molar-refractivity contribution in [3.63, 3.8) is 0 Å². The fraction of sp³-hybridized carbons (Fsp3) is 0.0741. The molecule has 0 aliphatic heterocycles. The number of hydrogen-bond donors (Lipinski definition) is 1. The van der Waals surface area contributed by atoms with E-state index in [1.807, 2.05) is 54.6 Å². The van der Waals surface area contributed by atoms with Gasteiger partial charge in [0.05, 0.1) is 6.54 Å². The second-order valence-electron chi connectivity index (χ2n) is 15.9. The molecule has 10 aromatic rings. The summed E-state index contributed by atoms with van der Waals surface area (Å²) < 4.78 is 12.9. The van der Waals surface area contributed by atoms with Crippen LogP contribution < -0.4 is 5.73 Å². The number of amidine groups is 2. The lowest BCUT2D eigenvalue weighted by Gasteiger charge is -2.21. The van der Waals surface area contributed by atoms with Crippen LogP contribution in [0.15, 0.2) is 195 Å². The summed E-state index contributed by atoms with van der Waals surface area (Å²) in [5.41, 5.74) is 22.5. The van der Waals surface area contributed by atoms with Gasteiger partial charge < -0.3 is 14.6 Å². The van der Waals surface area contributed by atoms with Gasteiger partial charge in [0.25, 0.3) is 0 Å². The van der Waals surface area contributed by atoms with E-state index in [-0.39, 0.29) is 5.41 Å². The molecule has 0 bridgehead atoms. The number of hydrogen-bond acceptors (Lipinski definition) is 3. The lowest BCUT2D eigenvalue weighted by molar-refractivity contribution is 0.660. The van der Waals surface area contributed by atoms with Crippen molar-refractivity contribution in [2.24, 2.45) is 15.7 Å². The van der Waals surface area contributed by atoms with Crippen LogP contribution in [0.1, 0.15) is 41.7 Å². The number of fused-ring (bicyclic) bond motifs is 9. The Bertz CT molecular complexity index is 3330. The van der Waals surface area contributed by atoms with E-state index in [1.54, 1.807) is 0 Å². The van der Waals surface area contributed by atoms with Crippen LogP contribution in [0.2, 0.25) is 0 Å². The third kappa shape index (κ3) is 5.77. The molecule has 0 radical (unpaired) electrons. The molecule has 0 saturated heterocycles. The van der Waals surface area contributed by atoms with Gasteiger partial charge in [-0.15, -0.1) is 0 Å². The molecule has 1 aliphatic rings.